The molecule has 0 aliphatic carbocycles. The van der Waals surface area contributed by atoms with E-state index in [2.05, 4.69) is 25.8 Å². The molecule has 1 amide bonds. The molecule has 1 aliphatic rings. The number of para-hydroxylation sites is 1. The SMILES string of the molecule is O=C(c1nnn(-c2ccc(F)cc2)c1C(F)(F)F)N1CCN(c2nnnn2-c2ccccc2)CC1. The molecule has 1 saturated heterocycles. The Morgan fingerprint density at radius 3 is 2.11 bits per heavy atom. The van der Waals surface area contributed by atoms with E-state index in [1.54, 1.807) is 4.68 Å². The summed E-state index contributed by atoms with van der Waals surface area (Å²) < 4.78 is 57.0. The van der Waals surface area contributed by atoms with Crippen molar-refractivity contribution in [2.24, 2.45) is 0 Å². The normalized spacial score (nSPS) is 14.4. The van der Waals surface area contributed by atoms with E-state index >= 15 is 0 Å². The van der Waals surface area contributed by atoms with Crippen molar-refractivity contribution < 1.29 is 22.4 Å². The molecule has 35 heavy (non-hydrogen) atoms. The van der Waals surface area contributed by atoms with E-state index in [4.69, 9.17) is 0 Å². The van der Waals surface area contributed by atoms with Crippen LogP contribution in [0.3, 0.4) is 0 Å². The number of carbonyl (C=O) groups is 1. The molecular formula is C21H17F4N9O. The Bertz CT molecular complexity index is 1330. The second kappa shape index (κ2) is 8.77. The van der Waals surface area contributed by atoms with Crippen LogP contribution < -0.4 is 4.90 Å². The Morgan fingerprint density at radius 2 is 1.46 bits per heavy atom. The summed E-state index contributed by atoms with van der Waals surface area (Å²) >= 11 is 0. The first-order valence-corrected chi connectivity index (χ1v) is 10.5. The summed E-state index contributed by atoms with van der Waals surface area (Å²) in [6, 6.07) is 13.5. The van der Waals surface area contributed by atoms with Crippen LogP contribution in [0.4, 0.5) is 23.5 Å². The zero-order valence-corrected chi connectivity index (χ0v) is 18.0. The standard InChI is InChI=1S/C21H17F4N9O/c22-14-6-8-16(9-7-14)33-18(21(23,24)25)17(26-29-33)19(35)31-10-12-32(13-11-31)20-27-28-30-34(20)15-4-2-1-3-5-15/h1-9H,10-13H2. The zero-order valence-electron chi connectivity index (χ0n) is 18.0. The minimum absolute atomic E-state index is 0.0668. The lowest BCUT2D eigenvalue weighted by Crippen LogP contribution is -2.50. The summed E-state index contributed by atoms with van der Waals surface area (Å²) in [5.74, 6) is -1.05. The van der Waals surface area contributed by atoms with E-state index in [1.807, 2.05) is 35.2 Å². The van der Waals surface area contributed by atoms with Gasteiger partial charge < -0.3 is 9.80 Å². The molecule has 180 valence electrons. The number of piperazine rings is 1. The van der Waals surface area contributed by atoms with Gasteiger partial charge in [0, 0.05) is 26.2 Å². The topological polar surface area (TPSA) is 97.9 Å². The molecular weight excluding hydrogens is 470 g/mol. The number of hydrogen-bond acceptors (Lipinski definition) is 7. The molecule has 1 fully saturated rings. The summed E-state index contributed by atoms with van der Waals surface area (Å²) in [6.07, 6.45) is -4.91. The Hall–Kier alpha value is -4.36. The second-order valence-corrected chi connectivity index (χ2v) is 7.68. The number of benzene rings is 2. The van der Waals surface area contributed by atoms with Crippen molar-refractivity contribution >= 4 is 11.9 Å². The van der Waals surface area contributed by atoms with Crippen LogP contribution in [0.2, 0.25) is 0 Å². The van der Waals surface area contributed by atoms with Gasteiger partial charge in [0.05, 0.1) is 11.4 Å². The van der Waals surface area contributed by atoms with E-state index < -0.39 is 29.3 Å². The predicted molar refractivity (Wildman–Crippen MR) is 114 cm³/mol. The van der Waals surface area contributed by atoms with Gasteiger partial charge in [-0.05, 0) is 46.8 Å². The van der Waals surface area contributed by atoms with E-state index in [1.165, 1.54) is 4.90 Å². The summed E-state index contributed by atoms with van der Waals surface area (Å²) in [6.45, 7) is 0.848. The molecule has 2 aromatic carbocycles. The van der Waals surface area contributed by atoms with E-state index in [-0.39, 0.29) is 18.8 Å². The number of amides is 1. The molecule has 0 unspecified atom stereocenters. The Morgan fingerprint density at radius 1 is 0.800 bits per heavy atom. The highest BCUT2D eigenvalue weighted by molar-refractivity contribution is 5.93. The van der Waals surface area contributed by atoms with Crippen LogP contribution in [-0.2, 0) is 6.18 Å². The van der Waals surface area contributed by atoms with Crippen molar-refractivity contribution in [3.05, 3.63) is 71.8 Å². The first-order chi connectivity index (χ1) is 16.8. The van der Waals surface area contributed by atoms with Crippen LogP contribution in [-0.4, -0.2) is 72.2 Å². The number of aromatic nitrogens is 7. The Balaban J connectivity index is 1.36. The highest BCUT2D eigenvalue weighted by Crippen LogP contribution is 2.33. The molecule has 0 saturated carbocycles. The average molecular weight is 487 g/mol. The van der Waals surface area contributed by atoms with Gasteiger partial charge in [0.2, 0.25) is 5.95 Å². The molecule has 10 nitrogen and oxygen atoms in total. The molecule has 5 rings (SSSR count). The quantitative estimate of drug-likeness (QED) is 0.408. The van der Waals surface area contributed by atoms with Gasteiger partial charge in [0.15, 0.2) is 11.4 Å². The van der Waals surface area contributed by atoms with Crippen molar-refractivity contribution in [2.75, 3.05) is 31.1 Å². The molecule has 3 heterocycles. The zero-order chi connectivity index (χ0) is 24.6. The van der Waals surface area contributed by atoms with E-state index in [9.17, 15) is 22.4 Å². The van der Waals surface area contributed by atoms with Gasteiger partial charge in [0.25, 0.3) is 5.91 Å². The molecule has 2 aromatic heterocycles. The Kier molecular flexibility index (Phi) is 5.62. The molecule has 1 aliphatic heterocycles. The number of rotatable bonds is 4. The van der Waals surface area contributed by atoms with Crippen LogP contribution in [0.1, 0.15) is 16.2 Å². The summed E-state index contributed by atoms with van der Waals surface area (Å²) in [5.41, 5.74) is -1.45. The lowest BCUT2D eigenvalue weighted by molar-refractivity contribution is -0.143. The molecule has 0 radical (unpaired) electrons. The van der Waals surface area contributed by atoms with E-state index in [0.29, 0.717) is 23.7 Å². The van der Waals surface area contributed by atoms with E-state index in [0.717, 1.165) is 30.0 Å². The van der Waals surface area contributed by atoms with Crippen LogP contribution in [0.25, 0.3) is 11.4 Å². The maximum Gasteiger partial charge on any atom is 0.435 e. The average Bonchev–Trinajstić information content (AvgIpc) is 3.53. The van der Waals surface area contributed by atoms with Gasteiger partial charge in [-0.2, -0.15) is 17.9 Å². The van der Waals surface area contributed by atoms with Gasteiger partial charge >= 0.3 is 6.18 Å². The minimum atomic E-state index is -4.91. The first kappa shape index (κ1) is 22.4. The van der Waals surface area contributed by atoms with Gasteiger partial charge in [-0.1, -0.05) is 28.5 Å². The van der Waals surface area contributed by atoms with Crippen molar-refractivity contribution in [1.29, 1.82) is 0 Å². The second-order valence-electron chi connectivity index (χ2n) is 7.68. The highest BCUT2D eigenvalue weighted by atomic mass is 19.4. The summed E-state index contributed by atoms with van der Waals surface area (Å²) in [4.78, 5) is 16.2. The predicted octanol–water partition coefficient (Wildman–Crippen LogP) is 2.36. The maximum absolute atomic E-state index is 13.9. The van der Waals surface area contributed by atoms with Crippen molar-refractivity contribution in [3.63, 3.8) is 0 Å². The van der Waals surface area contributed by atoms with Gasteiger partial charge in [-0.3, -0.25) is 4.79 Å². The molecule has 0 N–H and O–H groups in total. The number of nitrogens with zero attached hydrogens (tertiary/aromatic N) is 9. The highest BCUT2D eigenvalue weighted by Gasteiger charge is 2.43. The third kappa shape index (κ3) is 4.29. The van der Waals surface area contributed by atoms with Crippen LogP contribution in [0.15, 0.2) is 54.6 Å². The number of carbonyl (C=O) groups excluding carboxylic acids is 1. The number of alkyl halides is 3. The van der Waals surface area contributed by atoms with Crippen molar-refractivity contribution in [1.82, 2.24) is 40.1 Å². The molecule has 0 bridgehead atoms. The fraction of sp³-hybridized carbons (Fsp3) is 0.238. The largest absolute Gasteiger partial charge is 0.435 e. The fourth-order valence-electron chi connectivity index (χ4n) is 3.82. The number of anilines is 1. The van der Waals surface area contributed by atoms with Gasteiger partial charge in [-0.25, -0.2) is 9.07 Å². The van der Waals surface area contributed by atoms with Crippen LogP contribution in [0, 0.1) is 5.82 Å². The molecule has 14 heteroatoms. The van der Waals surface area contributed by atoms with Crippen molar-refractivity contribution in [2.45, 2.75) is 6.18 Å². The fourth-order valence-corrected chi connectivity index (χ4v) is 3.82. The van der Waals surface area contributed by atoms with Crippen LogP contribution in [0.5, 0.6) is 0 Å². The van der Waals surface area contributed by atoms with Gasteiger partial charge in [0.1, 0.15) is 5.82 Å². The maximum atomic E-state index is 13.9. The van der Waals surface area contributed by atoms with Gasteiger partial charge in [-0.15, -0.1) is 5.10 Å². The smallest absolute Gasteiger partial charge is 0.336 e. The Labute approximate surface area is 195 Å². The number of hydrogen-bond donors (Lipinski definition) is 0. The lowest BCUT2D eigenvalue weighted by atomic mass is 10.2. The van der Waals surface area contributed by atoms with Crippen molar-refractivity contribution in [3.8, 4) is 11.4 Å². The third-order valence-electron chi connectivity index (χ3n) is 5.52. The first-order valence-electron chi connectivity index (χ1n) is 10.5. The van der Waals surface area contributed by atoms with Crippen LogP contribution >= 0.6 is 0 Å². The molecule has 4 aromatic rings. The summed E-state index contributed by atoms with van der Waals surface area (Å²) in [5, 5.41) is 18.9. The minimum Gasteiger partial charge on any atom is -0.336 e. The monoisotopic (exact) mass is 487 g/mol. The lowest BCUT2D eigenvalue weighted by Gasteiger charge is -2.34. The summed E-state index contributed by atoms with van der Waals surface area (Å²) in [7, 11) is 0. The number of halogens is 4. The third-order valence-corrected chi connectivity index (χ3v) is 5.52. The number of tetrazole rings is 1. The molecule has 0 spiro atoms. The molecule has 0 atom stereocenters.